The predicted octanol–water partition coefficient (Wildman–Crippen LogP) is 1.73. The van der Waals surface area contributed by atoms with Gasteiger partial charge in [0, 0.05) is 0 Å². The molecule has 2 rings (SSSR count). The van der Waals surface area contributed by atoms with Crippen LogP contribution in [0.15, 0.2) is 47.1 Å². The third kappa shape index (κ3) is 3.61. The van der Waals surface area contributed by atoms with Crippen LogP contribution in [0.25, 0.3) is 0 Å². The van der Waals surface area contributed by atoms with Crippen molar-refractivity contribution >= 4 is 5.91 Å². The Balaban J connectivity index is 1.90. The number of aromatic hydroxyl groups is 1. The van der Waals surface area contributed by atoms with E-state index in [1.165, 1.54) is 0 Å². The minimum atomic E-state index is -0.642. The molecule has 5 nitrogen and oxygen atoms in total. The standard InChI is InChI=1S/C15H18N2O3/c1-10(14-3-2-8-20-14)17-15(19)13(16)9-11-4-6-12(18)7-5-11/h2-8,10,13,18H,9,16H2,1H3,(H,17,19)/t10-,13+/m1/s1. The Labute approximate surface area is 117 Å². The Bertz CT molecular complexity index is 549. The highest BCUT2D eigenvalue weighted by Crippen LogP contribution is 2.13. The molecule has 2 aromatic rings. The monoisotopic (exact) mass is 274 g/mol. The maximum Gasteiger partial charge on any atom is 0.237 e. The summed E-state index contributed by atoms with van der Waals surface area (Å²) in [5, 5.41) is 12.0. The van der Waals surface area contributed by atoms with Gasteiger partial charge in [0.2, 0.25) is 5.91 Å². The van der Waals surface area contributed by atoms with Gasteiger partial charge in [-0.2, -0.15) is 0 Å². The lowest BCUT2D eigenvalue weighted by Crippen LogP contribution is -2.42. The molecule has 1 amide bonds. The molecule has 5 heteroatoms. The Hall–Kier alpha value is -2.27. The number of carbonyl (C=O) groups excluding carboxylic acids is 1. The number of phenolic OH excluding ortho intramolecular Hbond substituents is 1. The van der Waals surface area contributed by atoms with E-state index < -0.39 is 6.04 Å². The van der Waals surface area contributed by atoms with Crippen LogP contribution in [0.1, 0.15) is 24.3 Å². The fourth-order valence-corrected chi connectivity index (χ4v) is 1.91. The van der Waals surface area contributed by atoms with Gasteiger partial charge >= 0.3 is 0 Å². The molecule has 0 saturated carbocycles. The maximum atomic E-state index is 12.0. The molecule has 1 heterocycles. The number of benzene rings is 1. The summed E-state index contributed by atoms with van der Waals surface area (Å²) in [5.41, 5.74) is 6.78. The second-order valence-electron chi connectivity index (χ2n) is 4.72. The van der Waals surface area contributed by atoms with Crippen LogP contribution in [0, 0.1) is 0 Å². The molecule has 0 radical (unpaired) electrons. The van der Waals surface area contributed by atoms with Gasteiger partial charge in [-0.15, -0.1) is 0 Å². The highest BCUT2D eigenvalue weighted by Gasteiger charge is 2.18. The van der Waals surface area contributed by atoms with Gasteiger partial charge in [0.25, 0.3) is 0 Å². The first-order valence-corrected chi connectivity index (χ1v) is 6.43. The summed E-state index contributed by atoms with van der Waals surface area (Å²) in [6.07, 6.45) is 1.98. The summed E-state index contributed by atoms with van der Waals surface area (Å²) < 4.78 is 5.22. The number of nitrogens with one attached hydrogen (secondary N) is 1. The van der Waals surface area contributed by atoms with Crippen molar-refractivity contribution in [2.24, 2.45) is 5.73 Å². The van der Waals surface area contributed by atoms with E-state index >= 15 is 0 Å². The Kier molecular flexibility index (Phi) is 4.42. The number of furan rings is 1. The van der Waals surface area contributed by atoms with Gasteiger partial charge in [-0.25, -0.2) is 0 Å². The van der Waals surface area contributed by atoms with Crippen molar-refractivity contribution in [3.63, 3.8) is 0 Å². The summed E-state index contributed by atoms with van der Waals surface area (Å²) in [6.45, 7) is 1.84. The molecule has 106 valence electrons. The molecule has 0 saturated heterocycles. The SMILES string of the molecule is C[C@@H](NC(=O)[C@@H](N)Cc1ccc(O)cc1)c1ccco1. The number of nitrogens with two attached hydrogens (primary N) is 1. The average Bonchev–Trinajstić information content (AvgIpc) is 2.95. The molecular weight excluding hydrogens is 256 g/mol. The van der Waals surface area contributed by atoms with Crippen molar-refractivity contribution < 1.29 is 14.3 Å². The molecule has 1 aromatic heterocycles. The van der Waals surface area contributed by atoms with Crippen LogP contribution in [-0.4, -0.2) is 17.1 Å². The van der Waals surface area contributed by atoms with Crippen LogP contribution in [-0.2, 0) is 11.2 Å². The number of hydrogen-bond acceptors (Lipinski definition) is 4. The average molecular weight is 274 g/mol. The van der Waals surface area contributed by atoms with Crippen LogP contribution in [0.5, 0.6) is 5.75 Å². The van der Waals surface area contributed by atoms with E-state index in [4.69, 9.17) is 10.2 Å². The molecule has 0 fully saturated rings. The van der Waals surface area contributed by atoms with Gasteiger partial charge in [0.1, 0.15) is 11.5 Å². The summed E-state index contributed by atoms with van der Waals surface area (Å²) in [7, 11) is 0. The summed E-state index contributed by atoms with van der Waals surface area (Å²) in [4.78, 5) is 12.0. The van der Waals surface area contributed by atoms with Gasteiger partial charge < -0.3 is 20.6 Å². The zero-order valence-electron chi connectivity index (χ0n) is 11.2. The second kappa shape index (κ2) is 6.25. The van der Waals surface area contributed by atoms with Gasteiger partial charge in [0.05, 0.1) is 18.3 Å². The summed E-state index contributed by atoms with van der Waals surface area (Å²) in [5.74, 6) is 0.648. The fourth-order valence-electron chi connectivity index (χ4n) is 1.91. The predicted molar refractivity (Wildman–Crippen MR) is 75.1 cm³/mol. The molecule has 0 unspecified atom stereocenters. The normalized spacial score (nSPS) is 13.7. The van der Waals surface area contributed by atoms with Crippen molar-refractivity contribution in [2.45, 2.75) is 25.4 Å². The van der Waals surface area contributed by atoms with E-state index in [-0.39, 0.29) is 17.7 Å². The van der Waals surface area contributed by atoms with Crippen molar-refractivity contribution in [3.8, 4) is 5.75 Å². The van der Waals surface area contributed by atoms with Gasteiger partial charge in [0.15, 0.2) is 0 Å². The van der Waals surface area contributed by atoms with E-state index in [0.717, 1.165) is 5.56 Å². The lowest BCUT2D eigenvalue weighted by Gasteiger charge is -2.16. The van der Waals surface area contributed by atoms with Gasteiger partial charge in [-0.05, 0) is 43.2 Å². The van der Waals surface area contributed by atoms with Crippen LogP contribution in [0.2, 0.25) is 0 Å². The molecule has 0 aliphatic carbocycles. The van der Waals surface area contributed by atoms with E-state index in [2.05, 4.69) is 5.32 Å². The Morgan fingerprint density at radius 1 is 1.35 bits per heavy atom. The zero-order valence-corrected chi connectivity index (χ0v) is 11.2. The first kappa shape index (κ1) is 14.1. The number of carbonyl (C=O) groups is 1. The summed E-state index contributed by atoms with van der Waals surface area (Å²) in [6, 6.07) is 9.36. The Morgan fingerprint density at radius 2 is 2.05 bits per heavy atom. The number of hydrogen-bond donors (Lipinski definition) is 3. The first-order valence-electron chi connectivity index (χ1n) is 6.43. The lowest BCUT2D eigenvalue weighted by molar-refractivity contribution is -0.123. The van der Waals surface area contributed by atoms with Gasteiger partial charge in [-0.1, -0.05) is 12.1 Å². The molecular formula is C15H18N2O3. The minimum absolute atomic E-state index is 0.193. The quantitative estimate of drug-likeness (QED) is 0.774. The smallest absolute Gasteiger partial charge is 0.237 e. The van der Waals surface area contributed by atoms with E-state index in [0.29, 0.717) is 12.2 Å². The van der Waals surface area contributed by atoms with E-state index in [1.54, 1.807) is 42.7 Å². The van der Waals surface area contributed by atoms with Crippen molar-refractivity contribution in [1.82, 2.24) is 5.32 Å². The lowest BCUT2D eigenvalue weighted by atomic mass is 10.1. The number of amides is 1. The molecule has 4 N–H and O–H groups in total. The molecule has 0 spiro atoms. The topological polar surface area (TPSA) is 88.5 Å². The molecule has 2 atom stereocenters. The molecule has 0 aliphatic rings. The third-order valence-corrected chi connectivity index (χ3v) is 3.06. The number of phenols is 1. The van der Waals surface area contributed by atoms with Crippen molar-refractivity contribution in [2.75, 3.05) is 0 Å². The van der Waals surface area contributed by atoms with Crippen LogP contribution < -0.4 is 11.1 Å². The van der Waals surface area contributed by atoms with Gasteiger partial charge in [-0.3, -0.25) is 4.79 Å². The third-order valence-electron chi connectivity index (χ3n) is 3.06. The van der Waals surface area contributed by atoms with Crippen LogP contribution >= 0.6 is 0 Å². The highest BCUT2D eigenvalue weighted by molar-refractivity contribution is 5.82. The van der Waals surface area contributed by atoms with Crippen LogP contribution in [0.3, 0.4) is 0 Å². The van der Waals surface area contributed by atoms with E-state index in [9.17, 15) is 9.90 Å². The zero-order chi connectivity index (χ0) is 14.5. The first-order chi connectivity index (χ1) is 9.56. The highest BCUT2D eigenvalue weighted by atomic mass is 16.3. The Morgan fingerprint density at radius 3 is 2.65 bits per heavy atom. The van der Waals surface area contributed by atoms with Crippen molar-refractivity contribution in [3.05, 3.63) is 54.0 Å². The molecule has 20 heavy (non-hydrogen) atoms. The van der Waals surface area contributed by atoms with Crippen molar-refractivity contribution in [1.29, 1.82) is 0 Å². The number of rotatable bonds is 5. The second-order valence-corrected chi connectivity index (χ2v) is 4.72. The molecule has 1 aromatic carbocycles. The largest absolute Gasteiger partial charge is 0.508 e. The van der Waals surface area contributed by atoms with E-state index in [1.807, 2.05) is 6.92 Å². The molecule has 0 bridgehead atoms. The summed E-state index contributed by atoms with van der Waals surface area (Å²) >= 11 is 0. The molecule has 0 aliphatic heterocycles. The maximum absolute atomic E-state index is 12.0. The minimum Gasteiger partial charge on any atom is -0.508 e. The van der Waals surface area contributed by atoms with Crippen LogP contribution in [0.4, 0.5) is 0 Å². The fraction of sp³-hybridized carbons (Fsp3) is 0.267.